The van der Waals surface area contributed by atoms with Gasteiger partial charge < -0.3 is 9.30 Å². The van der Waals surface area contributed by atoms with Gasteiger partial charge in [-0.25, -0.2) is 0 Å². The molecule has 0 aliphatic heterocycles. The molecular formula is C10H8BrClN2O. The Morgan fingerprint density at radius 2 is 2.13 bits per heavy atom. The van der Waals surface area contributed by atoms with Crippen LogP contribution in [0.15, 0.2) is 35.1 Å². The average molecular weight is 288 g/mol. The summed E-state index contributed by atoms with van der Waals surface area (Å²) in [5.41, 5.74) is 0. The number of aromatic nitrogens is 2. The molecule has 5 heteroatoms. The van der Waals surface area contributed by atoms with Crippen molar-refractivity contribution in [3.63, 3.8) is 0 Å². The van der Waals surface area contributed by atoms with Crippen molar-refractivity contribution < 1.29 is 4.74 Å². The van der Waals surface area contributed by atoms with E-state index in [2.05, 4.69) is 20.9 Å². The van der Waals surface area contributed by atoms with Crippen LogP contribution in [-0.2, 0) is 7.05 Å². The lowest BCUT2D eigenvalue weighted by atomic mass is 10.3. The molecule has 0 unspecified atom stereocenters. The first-order chi connectivity index (χ1) is 7.16. The van der Waals surface area contributed by atoms with Crippen molar-refractivity contribution in [2.45, 2.75) is 0 Å². The molecule has 0 aliphatic carbocycles. The van der Waals surface area contributed by atoms with Gasteiger partial charge in [-0.3, -0.25) is 0 Å². The largest absolute Gasteiger partial charge is 0.424 e. The highest BCUT2D eigenvalue weighted by Gasteiger charge is 2.07. The molecule has 0 atom stereocenters. The van der Waals surface area contributed by atoms with E-state index in [1.165, 1.54) is 0 Å². The Balaban J connectivity index is 2.29. The Labute approximate surface area is 101 Å². The van der Waals surface area contributed by atoms with Crippen molar-refractivity contribution in [3.05, 3.63) is 40.1 Å². The van der Waals surface area contributed by atoms with E-state index in [4.69, 9.17) is 16.3 Å². The van der Waals surface area contributed by atoms with E-state index < -0.39 is 0 Å². The summed E-state index contributed by atoms with van der Waals surface area (Å²) in [5.74, 6) is 0.598. The quantitative estimate of drug-likeness (QED) is 0.843. The smallest absolute Gasteiger partial charge is 0.302 e. The molecule has 0 saturated carbocycles. The summed E-state index contributed by atoms with van der Waals surface area (Å²) in [6.45, 7) is 0. The molecule has 2 aromatic rings. The maximum absolute atomic E-state index is 5.96. The summed E-state index contributed by atoms with van der Waals surface area (Å²) in [4.78, 5) is 4.15. The van der Waals surface area contributed by atoms with Crippen molar-refractivity contribution in [2.75, 3.05) is 0 Å². The van der Waals surface area contributed by atoms with Crippen molar-refractivity contribution in [3.8, 4) is 11.8 Å². The maximum atomic E-state index is 5.96. The lowest BCUT2D eigenvalue weighted by molar-refractivity contribution is 0.425. The van der Waals surface area contributed by atoms with Gasteiger partial charge in [-0.1, -0.05) is 23.7 Å². The number of ether oxygens (including phenoxy) is 1. The molecule has 0 spiro atoms. The highest BCUT2D eigenvalue weighted by Crippen LogP contribution is 2.28. The van der Waals surface area contributed by atoms with Crippen LogP contribution < -0.4 is 4.74 Å². The molecule has 1 aromatic heterocycles. The van der Waals surface area contributed by atoms with Gasteiger partial charge in [-0.05, 0) is 28.1 Å². The number of halogens is 2. The number of rotatable bonds is 2. The molecule has 1 heterocycles. The van der Waals surface area contributed by atoms with Crippen LogP contribution in [0.2, 0.25) is 5.02 Å². The molecule has 0 amide bonds. The highest BCUT2D eigenvalue weighted by atomic mass is 79.9. The number of nitrogens with zero attached hydrogens (tertiary/aromatic N) is 2. The molecule has 0 bridgehead atoms. The summed E-state index contributed by atoms with van der Waals surface area (Å²) in [7, 11) is 1.85. The van der Waals surface area contributed by atoms with Crippen LogP contribution in [0.5, 0.6) is 11.8 Å². The summed E-state index contributed by atoms with van der Waals surface area (Å²) in [5, 5.41) is 0.566. The Bertz CT molecular complexity index is 484. The number of imidazole rings is 1. The second-order valence-corrected chi connectivity index (χ2v) is 4.21. The van der Waals surface area contributed by atoms with E-state index in [1.54, 1.807) is 16.7 Å². The van der Waals surface area contributed by atoms with Crippen LogP contribution >= 0.6 is 27.5 Å². The molecule has 0 saturated heterocycles. The van der Waals surface area contributed by atoms with Crippen molar-refractivity contribution in [1.82, 2.24) is 9.55 Å². The summed E-state index contributed by atoms with van der Waals surface area (Å²) in [6.07, 6.45) is 1.81. The van der Waals surface area contributed by atoms with Crippen LogP contribution in [0.4, 0.5) is 0 Å². The fourth-order valence-corrected chi connectivity index (χ4v) is 1.77. The molecule has 78 valence electrons. The number of benzene rings is 1. The number of aryl methyl sites for hydroxylation is 1. The number of hydrogen-bond acceptors (Lipinski definition) is 2. The fourth-order valence-electron chi connectivity index (χ4n) is 1.13. The number of hydrogen-bond donors (Lipinski definition) is 0. The standard InChI is InChI=1S/C10H8BrClN2O/c1-14-6-9(11)13-10(14)15-8-5-3-2-4-7(8)12/h2-6H,1H3. The minimum Gasteiger partial charge on any atom is -0.424 e. The van der Waals surface area contributed by atoms with E-state index in [9.17, 15) is 0 Å². The van der Waals surface area contributed by atoms with Gasteiger partial charge in [0.1, 0.15) is 10.4 Å². The third kappa shape index (κ3) is 2.33. The van der Waals surface area contributed by atoms with Crippen LogP contribution in [0.25, 0.3) is 0 Å². The second kappa shape index (κ2) is 4.24. The highest BCUT2D eigenvalue weighted by molar-refractivity contribution is 9.10. The Morgan fingerprint density at radius 3 is 2.73 bits per heavy atom. The van der Waals surface area contributed by atoms with Crippen molar-refractivity contribution >= 4 is 27.5 Å². The van der Waals surface area contributed by atoms with E-state index in [-0.39, 0.29) is 0 Å². The second-order valence-electron chi connectivity index (χ2n) is 2.99. The maximum Gasteiger partial charge on any atom is 0.302 e. The normalized spacial score (nSPS) is 10.3. The van der Waals surface area contributed by atoms with Crippen LogP contribution in [0.1, 0.15) is 0 Å². The lowest BCUT2D eigenvalue weighted by Crippen LogP contribution is -1.93. The predicted molar refractivity (Wildman–Crippen MR) is 62.4 cm³/mol. The minimum atomic E-state index is 0.495. The SMILES string of the molecule is Cn1cc(Br)nc1Oc1ccccc1Cl. The first-order valence-electron chi connectivity index (χ1n) is 4.28. The molecule has 0 aliphatic rings. The average Bonchev–Trinajstić information content (AvgIpc) is 2.49. The van der Waals surface area contributed by atoms with Gasteiger partial charge in [0, 0.05) is 13.2 Å². The van der Waals surface area contributed by atoms with Gasteiger partial charge in [0.15, 0.2) is 0 Å². The molecule has 2 rings (SSSR count). The topological polar surface area (TPSA) is 27.1 Å². The van der Waals surface area contributed by atoms with E-state index in [0.717, 1.165) is 4.60 Å². The predicted octanol–water partition coefficient (Wildman–Crippen LogP) is 3.63. The van der Waals surface area contributed by atoms with E-state index in [1.807, 2.05) is 25.4 Å². The molecule has 1 aromatic carbocycles. The van der Waals surface area contributed by atoms with Gasteiger partial charge in [-0.15, -0.1) is 0 Å². The van der Waals surface area contributed by atoms with E-state index >= 15 is 0 Å². The minimum absolute atomic E-state index is 0.495. The lowest BCUT2D eigenvalue weighted by Gasteiger charge is -2.05. The van der Waals surface area contributed by atoms with Crippen molar-refractivity contribution in [1.29, 1.82) is 0 Å². The molecule has 0 N–H and O–H groups in total. The Kier molecular flexibility index (Phi) is 2.98. The molecule has 0 radical (unpaired) electrons. The molecular weight excluding hydrogens is 279 g/mol. The Morgan fingerprint density at radius 1 is 1.40 bits per heavy atom. The molecule has 0 fully saturated rings. The van der Waals surface area contributed by atoms with Crippen molar-refractivity contribution in [2.24, 2.45) is 7.05 Å². The zero-order chi connectivity index (χ0) is 10.8. The summed E-state index contributed by atoms with van der Waals surface area (Å²) < 4.78 is 8.05. The van der Waals surface area contributed by atoms with Gasteiger partial charge >= 0.3 is 6.01 Å². The third-order valence-electron chi connectivity index (χ3n) is 1.84. The first-order valence-corrected chi connectivity index (χ1v) is 5.45. The molecule has 3 nitrogen and oxygen atoms in total. The van der Waals surface area contributed by atoms with Gasteiger partial charge in [0.2, 0.25) is 0 Å². The zero-order valence-electron chi connectivity index (χ0n) is 7.95. The first kappa shape index (κ1) is 10.5. The number of para-hydroxylation sites is 1. The summed E-state index contributed by atoms with van der Waals surface area (Å²) in [6, 6.07) is 7.78. The third-order valence-corrected chi connectivity index (χ3v) is 2.54. The van der Waals surface area contributed by atoms with Gasteiger partial charge in [0.25, 0.3) is 0 Å². The van der Waals surface area contributed by atoms with Gasteiger partial charge in [0.05, 0.1) is 5.02 Å². The van der Waals surface area contributed by atoms with E-state index in [0.29, 0.717) is 16.8 Å². The van der Waals surface area contributed by atoms with Crippen LogP contribution in [0.3, 0.4) is 0 Å². The van der Waals surface area contributed by atoms with Gasteiger partial charge in [-0.2, -0.15) is 4.98 Å². The molecule has 15 heavy (non-hydrogen) atoms. The Hall–Kier alpha value is -1.00. The monoisotopic (exact) mass is 286 g/mol. The summed E-state index contributed by atoms with van der Waals surface area (Å²) >= 11 is 9.23. The van der Waals surface area contributed by atoms with Crippen LogP contribution in [0, 0.1) is 0 Å². The zero-order valence-corrected chi connectivity index (χ0v) is 10.3. The fraction of sp³-hybridized carbons (Fsp3) is 0.100. The van der Waals surface area contributed by atoms with Crippen LogP contribution in [-0.4, -0.2) is 9.55 Å².